The Morgan fingerprint density at radius 3 is 2.85 bits per heavy atom. The summed E-state index contributed by atoms with van der Waals surface area (Å²) in [5.74, 6) is -1.87. The van der Waals surface area contributed by atoms with E-state index in [4.69, 9.17) is 4.74 Å². The SMILES string of the molecule is CCCC(=O)Oc1cc2c(s1)CCN([C@H](C(=O)O)c1ccccc1F)C2. The molecule has 0 unspecified atom stereocenters. The molecule has 3 rings (SSSR count). The second-order valence-electron chi connectivity index (χ2n) is 6.22. The van der Waals surface area contributed by atoms with Gasteiger partial charge < -0.3 is 9.84 Å². The van der Waals surface area contributed by atoms with Crippen molar-refractivity contribution in [2.24, 2.45) is 0 Å². The van der Waals surface area contributed by atoms with Gasteiger partial charge in [0.2, 0.25) is 0 Å². The summed E-state index contributed by atoms with van der Waals surface area (Å²) in [6.07, 6.45) is 1.73. The summed E-state index contributed by atoms with van der Waals surface area (Å²) in [5, 5.41) is 10.2. The van der Waals surface area contributed by atoms with Gasteiger partial charge in [-0.2, -0.15) is 0 Å². The van der Waals surface area contributed by atoms with Crippen LogP contribution < -0.4 is 4.74 Å². The first kappa shape index (κ1) is 18.5. The summed E-state index contributed by atoms with van der Waals surface area (Å²) in [7, 11) is 0. The van der Waals surface area contributed by atoms with Crippen LogP contribution in [-0.2, 0) is 22.6 Å². The van der Waals surface area contributed by atoms with E-state index in [0.29, 0.717) is 31.0 Å². The molecule has 1 N–H and O–H groups in total. The third kappa shape index (κ3) is 3.94. The van der Waals surface area contributed by atoms with Gasteiger partial charge in [0, 0.05) is 30.0 Å². The number of rotatable bonds is 6. The summed E-state index contributed by atoms with van der Waals surface area (Å²) in [6.45, 7) is 2.79. The molecule has 0 saturated heterocycles. The lowest BCUT2D eigenvalue weighted by molar-refractivity contribution is -0.144. The van der Waals surface area contributed by atoms with Crippen LogP contribution in [0.2, 0.25) is 0 Å². The molecule has 5 nitrogen and oxygen atoms in total. The Morgan fingerprint density at radius 2 is 2.15 bits per heavy atom. The smallest absolute Gasteiger partial charge is 0.325 e. The summed E-state index contributed by atoms with van der Waals surface area (Å²) in [4.78, 5) is 26.3. The molecule has 2 heterocycles. The second-order valence-corrected chi connectivity index (χ2v) is 7.32. The first-order valence-corrected chi connectivity index (χ1v) is 9.34. The van der Waals surface area contributed by atoms with Crippen molar-refractivity contribution in [2.75, 3.05) is 6.54 Å². The minimum atomic E-state index is -1.08. The molecule has 0 fully saturated rings. The molecule has 26 heavy (non-hydrogen) atoms. The van der Waals surface area contributed by atoms with Crippen molar-refractivity contribution in [1.29, 1.82) is 0 Å². The molecule has 2 aromatic rings. The van der Waals surface area contributed by atoms with Crippen LogP contribution in [0.1, 0.15) is 41.8 Å². The number of halogens is 1. The van der Waals surface area contributed by atoms with Crippen molar-refractivity contribution < 1.29 is 23.8 Å². The highest BCUT2D eigenvalue weighted by Crippen LogP contribution is 2.36. The van der Waals surface area contributed by atoms with Gasteiger partial charge >= 0.3 is 11.9 Å². The zero-order chi connectivity index (χ0) is 18.7. The van der Waals surface area contributed by atoms with E-state index in [9.17, 15) is 19.1 Å². The van der Waals surface area contributed by atoms with Crippen LogP contribution in [0.3, 0.4) is 0 Å². The van der Waals surface area contributed by atoms with E-state index < -0.39 is 17.8 Å². The number of benzene rings is 1. The Labute approximate surface area is 155 Å². The van der Waals surface area contributed by atoms with E-state index in [-0.39, 0.29) is 11.5 Å². The quantitative estimate of drug-likeness (QED) is 0.776. The third-order valence-corrected chi connectivity index (χ3v) is 5.46. The van der Waals surface area contributed by atoms with Gasteiger partial charge in [0.25, 0.3) is 0 Å². The zero-order valence-electron chi connectivity index (χ0n) is 14.4. The van der Waals surface area contributed by atoms with Crippen LogP contribution >= 0.6 is 11.3 Å². The Morgan fingerprint density at radius 1 is 1.38 bits per heavy atom. The fraction of sp³-hybridized carbons (Fsp3) is 0.368. The van der Waals surface area contributed by atoms with Gasteiger partial charge in [0.15, 0.2) is 5.06 Å². The molecule has 7 heteroatoms. The van der Waals surface area contributed by atoms with Gasteiger partial charge in [-0.25, -0.2) is 4.39 Å². The van der Waals surface area contributed by atoms with Crippen LogP contribution in [0.4, 0.5) is 4.39 Å². The maximum Gasteiger partial charge on any atom is 0.325 e. The highest BCUT2D eigenvalue weighted by atomic mass is 32.1. The molecule has 1 atom stereocenters. The summed E-state index contributed by atoms with van der Waals surface area (Å²) in [6, 6.07) is 6.71. The van der Waals surface area contributed by atoms with Crippen LogP contribution in [0.5, 0.6) is 5.06 Å². The van der Waals surface area contributed by atoms with Crippen molar-refractivity contribution in [3.8, 4) is 5.06 Å². The molecular formula is C19H20FNO4S. The minimum absolute atomic E-state index is 0.160. The molecule has 0 aliphatic carbocycles. The molecule has 1 aromatic heterocycles. The normalized spacial score (nSPS) is 15.3. The van der Waals surface area contributed by atoms with Crippen molar-refractivity contribution in [3.05, 3.63) is 52.2 Å². The number of carboxylic acid groups (broad SMARTS) is 1. The van der Waals surface area contributed by atoms with Gasteiger partial charge in [0.05, 0.1) is 0 Å². The molecule has 138 valence electrons. The van der Waals surface area contributed by atoms with Gasteiger partial charge in [-0.15, -0.1) is 11.3 Å². The average molecular weight is 377 g/mol. The lowest BCUT2D eigenvalue weighted by Crippen LogP contribution is -2.38. The molecular weight excluding hydrogens is 357 g/mol. The van der Waals surface area contributed by atoms with Gasteiger partial charge in [-0.3, -0.25) is 14.5 Å². The van der Waals surface area contributed by atoms with Crippen LogP contribution in [0.15, 0.2) is 30.3 Å². The van der Waals surface area contributed by atoms with E-state index in [2.05, 4.69) is 0 Å². The van der Waals surface area contributed by atoms with Gasteiger partial charge in [-0.1, -0.05) is 25.1 Å². The zero-order valence-corrected chi connectivity index (χ0v) is 15.2. The maximum absolute atomic E-state index is 14.1. The van der Waals surface area contributed by atoms with E-state index in [0.717, 1.165) is 16.9 Å². The number of hydrogen-bond acceptors (Lipinski definition) is 5. The molecule has 0 amide bonds. The fourth-order valence-electron chi connectivity index (χ4n) is 3.15. The van der Waals surface area contributed by atoms with Crippen LogP contribution in [0.25, 0.3) is 0 Å². The number of carboxylic acids is 1. The lowest BCUT2D eigenvalue weighted by Gasteiger charge is -2.32. The molecule has 0 radical (unpaired) electrons. The number of nitrogens with zero attached hydrogens (tertiary/aromatic N) is 1. The lowest BCUT2D eigenvalue weighted by atomic mass is 10.0. The largest absolute Gasteiger partial charge is 0.480 e. The van der Waals surface area contributed by atoms with Crippen molar-refractivity contribution in [2.45, 2.75) is 38.8 Å². The Bertz CT molecular complexity index is 820. The summed E-state index contributed by atoms with van der Waals surface area (Å²) in [5.41, 5.74) is 1.09. The summed E-state index contributed by atoms with van der Waals surface area (Å²) < 4.78 is 19.5. The second kappa shape index (κ2) is 7.97. The van der Waals surface area contributed by atoms with E-state index in [1.54, 1.807) is 23.1 Å². The standard InChI is InChI=1S/C19H20FNO4S/c1-2-5-16(22)25-17-10-12-11-21(9-8-15(12)26-17)18(19(23)24)13-6-3-4-7-14(13)20/h3-4,6-7,10,18H,2,5,8-9,11H2,1H3,(H,23,24)/t18-/m0/s1. The number of aliphatic carboxylic acids is 1. The molecule has 0 saturated carbocycles. The highest BCUT2D eigenvalue weighted by molar-refractivity contribution is 7.14. The number of ether oxygens (including phenoxy) is 1. The van der Waals surface area contributed by atoms with E-state index >= 15 is 0 Å². The van der Waals surface area contributed by atoms with Crippen molar-refractivity contribution >= 4 is 23.3 Å². The molecule has 1 aromatic carbocycles. The topological polar surface area (TPSA) is 66.8 Å². The van der Waals surface area contributed by atoms with E-state index in [1.165, 1.54) is 23.5 Å². The average Bonchev–Trinajstić information content (AvgIpc) is 2.98. The number of carbonyl (C=O) groups is 2. The van der Waals surface area contributed by atoms with Crippen molar-refractivity contribution in [3.63, 3.8) is 0 Å². The Kier molecular flexibility index (Phi) is 5.68. The predicted octanol–water partition coefficient (Wildman–Crippen LogP) is 3.78. The van der Waals surface area contributed by atoms with Gasteiger partial charge in [0.1, 0.15) is 11.9 Å². The Hall–Kier alpha value is -2.25. The van der Waals surface area contributed by atoms with Crippen molar-refractivity contribution in [1.82, 2.24) is 4.90 Å². The number of thiophene rings is 1. The highest BCUT2D eigenvalue weighted by Gasteiger charge is 2.33. The van der Waals surface area contributed by atoms with Crippen LogP contribution in [-0.4, -0.2) is 28.5 Å². The van der Waals surface area contributed by atoms with Gasteiger partial charge in [-0.05, 0) is 30.5 Å². The fourth-order valence-corrected chi connectivity index (χ4v) is 4.17. The monoisotopic (exact) mass is 377 g/mol. The number of esters is 1. The first-order chi connectivity index (χ1) is 12.5. The third-order valence-electron chi connectivity index (χ3n) is 4.34. The first-order valence-electron chi connectivity index (χ1n) is 8.53. The molecule has 1 aliphatic rings. The molecule has 0 spiro atoms. The van der Waals surface area contributed by atoms with E-state index in [1.807, 2.05) is 6.92 Å². The Balaban J connectivity index is 1.80. The molecule has 0 bridgehead atoms. The number of carbonyl (C=O) groups excluding carboxylic acids is 1. The van der Waals surface area contributed by atoms with Crippen LogP contribution in [0, 0.1) is 5.82 Å². The summed E-state index contributed by atoms with van der Waals surface area (Å²) >= 11 is 1.42. The number of fused-ring (bicyclic) bond motifs is 1. The number of hydrogen-bond donors (Lipinski definition) is 1. The molecule has 1 aliphatic heterocycles. The predicted molar refractivity (Wildman–Crippen MR) is 95.8 cm³/mol. The minimum Gasteiger partial charge on any atom is -0.480 e. The maximum atomic E-state index is 14.1.